The molecule has 2 aromatic rings. The molecule has 0 saturated carbocycles. The summed E-state index contributed by atoms with van der Waals surface area (Å²) in [6.45, 7) is 3.45. The van der Waals surface area contributed by atoms with Crippen LogP contribution < -0.4 is 0 Å². The van der Waals surface area contributed by atoms with Crippen LogP contribution in [-0.2, 0) is 13.0 Å². The number of likely N-dealkylation sites (N-methyl/N-ethyl adjacent to an activating group) is 1. The summed E-state index contributed by atoms with van der Waals surface area (Å²) < 4.78 is 6.78. The highest BCUT2D eigenvalue weighted by atomic mass is 16.5. The average molecular weight is 235 g/mol. The molecular weight excluding hydrogens is 218 g/mol. The van der Waals surface area contributed by atoms with Crippen LogP contribution in [0.15, 0.2) is 16.8 Å². The monoisotopic (exact) mass is 235 g/mol. The quantitative estimate of drug-likeness (QED) is 0.764. The Morgan fingerprint density at radius 1 is 1.35 bits per heavy atom. The zero-order chi connectivity index (χ0) is 12.3. The van der Waals surface area contributed by atoms with E-state index in [-0.39, 0.29) is 0 Å². The maximum Gasteiger partial charge on any atom is 0.133 e. The molecule has 2 aromatic heterocycles. The van der Waals surface area contributed by atoms with Crippen LogP contribution in [0, 0.1) is 6.92 Å². The fourth-order valence-corrected chi connectivity index (χ4v) is 1.53. The lowest BCUT2D eigenvalue weighted by molar-refractivity contribution is 0.387. The Kier molecular flexibility index (Phi) is 3.53. The summed E-state index contributed by atoms with van der Waals surface area (Å²) >= 11 is 0. The van der Waals surface area contributed by atoms with Gasteiger partial charge in [-0.25, -0.2) is 4.68 Å². The Labute approximate surface area is 100 Å². The first-order chi connectivity index (χ1) is 8.13. The summed E-state index contributed by atoms with van der Waals surface area (Å²) in [5, 5.41) is 12.1. The Morgan fingerprint density at radius 2 is 2.18 bits per heavy atom. The predicted octanol–water partition coefficient (Wildman–Crippen LogP) is 0.727. The third-order valence-corrected chi connectivity index (χ3v) is 2.40. The molecule has 2 heterocycles. The van der Waals surface area contributed by atoms with Gasteiger partial charge in [-0.3, -0.25) is 0 Å². The first-order valence-electron chi connectivity index (χ1n) is 5.59. The molecule has 2 rings (SSSR count). The minimum Gasteiger partial charge on any atom is -0.361 e. The van der Waals surface area contributed by atoms with Gasteiger partial charge in [0.05, 0.1) is 12.2 Å². The van der Waals surface area contributed by atoms with Gasteiger partial charge in [-0.2, -0.15) is 0 Å². The van der Waals surface area contributed by atoms with Crippen molar-refractivity contribution in [3.63, 3.8) is 0 Å². The number of aryl methyl sites for hydroxylation is 1. The standard InChI is InChI=1S/C11H17N5O/c1-9-6-11(13-17-9)8-16-7-10(12-14-16)4-5-15(2)3/h6-7H,4-5,8H2,1-3H3. The molecule has 0 aliphatic carbocycles. The zero-order valence-electron chi connectivity index (χ0n) is 10.4. The van der Waals surface area contributed by atoms with Crippen molar-refractivity contribution < 1.29 is 4.52 Å². The van der Waals surface area contributed by atoms with Gasteiger partial charge >= 0.3 is 0 Å². The van der Waals surface area contributed by atoms with Crippen LogP contribution in [0.4, 0.5) is 0 Å². The van der Waals surface area contributed by atoms with Gasteiger partial charge < -0.3 is 9.42 Å². The third-order valence-electron chi connectivity index (χ3n) is 2.40. The van der Waals surface area contributed by atoms with Crippen LogP contribution in [-0.4, -0.2) is 45.7 Å². The number of aromatic nitrogens is 4. The molecule has 6 heteroatoms. The first-order valence-corrected chi connectivity index (χ1v) is 5.59. The van der Waals surface area contributed by atoms with Gasteiger partial charge in [-0.05, 0) is 21.0 Å². The second kappa shape index (κ2) is 5.09. The van der Waals surface area contributed by atoms with Gasteiger partial charge in [0, 0.05) is 25.2 Å². The molecule has 0 fully saturated rings. The van der Waals surface area contributed by atoms with Gasteiger partial charge in [0.1, 0.15) is 11.5 Å². The summed E-state index contributed by atoms with van der Waals surface area (Å²) in [6.07, 6.45) is 2.86. The van der Waals surface area contributed by atoms with Crippen LogP contribution in [0.1, 0.15) is 17.1 Å². The van der Waals surface area contributed by atoms with E-state index in [0.29, 0.717) is 6.54 Å². The van der Waals surface area contributed by atoms with Crippen molar-refractivity contribution in [2.75, 3.05) is 20.6 Å². The van der Waals surface area contributed by atoms with Crippen LogP contribution >= 0.6 is 0 Å². The van der Waals surface area contributed by atoms with Crippen LogP contribution in [0.25, 0.3) is 0 Å². The molecule has 0 atom stereocenters. The summed E-state index contributed by atoms with van der Waals surface area (Å²) in [6, 6.07) is 1.90. The predicted molar refractivity (Wildman–Crippen MR) is 62.6 cm³/mol. The zero-order valence-corrected chi connectivity index (χ0v) is 10.4. The molecule has 0 N–H and O–H groups in total. The van der Waals surface area contributed by atoms with E-state index in [1.54, 1.807) is 4.68 Å². The van der Waals surface area contributed by atoms with Crippen molar-refractivity contribution in [3.05, 3.63) is 29.4 Å². The number of nitrogens with zero attached hydrogens (tertiary/aromatic N) is 5. The lowest BCUT2D eigenvalue weighted by Crippen LogP contribution is -2.15. The maximum absolute atomic E-state index is 5.00. The minimum atomic E-state index is 0.603. The number of hydrogen-bond donors (Lipinski definition) is 0. The van der Waals surface area contributed by atoms with E-state index >= 15 is 0 Å². The van der Waals surface area contributed by atoms with E-state index in [0.717, 1.165) is 30.1 Å². The number of rotatable bonds is 5. The van der Waals surface area contributed by atoms with E-state index in [4.69, 9.17) is 4.52 Å². The molecule has 0 radical (unpaired) electrons. The summed E-state index contributed by atoms with van der Waals surface area (Å²) in [7, 11) is 4.09. The fraction of sp³-hybridized carbons (Fsp3) is 0.545. The molecule has 0 aliphatic heterocycles. The minimum absolute atomic E-state index is 0.603. The molecule has 0 aliphatic rings. The smallest absolute Gasteiger partial charge is 0.133 e. The average Bonchev–Trinajstić information content (AvgIpc) is 2.86. The molecule has 0 saturated heterocycles. The van der Waals surface area contributed by atoms with Gasteiger partial charge in [0.15, 0.2) is 0 Å². The van der Waals surface area contributed by atoms with Crippen molar-refractivity contribution >= 4 is 0 Å². The maximum atomic E-state index is 5.00. The SMILES string of the molecule is Cc1cc(Cn2cc(CCN(C)C)nn2)no1. The van der Waals surface area contributed by atoms with Gasteiger partial charge in [-0.1, -0.05) is 10.4 Å². The second-order valence-electron chi connectivity index (χ2n) is 4.39. The van der Waals surface area contributed by atoms with Gasteiger partial charge in [0.2, 0.25) is 0 Å². The van der Waals surface area contributed by atoms with E-state index in [1.165, 1.54) is 0 Å². The van der Waals surface area contributed by atoms with Crippen LogP contribution in [0.3, 0.4) is 0 Å². The number of hydrogen-bond acceptors (Lipinski definition) is 5. The largest absolute Gasteiger partial charge is 0.361 e. The van der Waals surface area contributed by atoms with E-state index in [2.05, 4.69) is 20.4 Å². The van der Waals surface area contributed by atoms with Gasteiger partial charge in [-0.15, -0.1) is 5.10 Å². The van der Waals surface area contributed by atoms with Crippen molar-refractivity contribution in [1.29, 1.82) is 0 Å². The third kappa shape index (κ3) is 3.39. The van der Waals surface area contributed by atoms with Crippen LogP contribution in [0.5, 0.6) is 0 Å². The first kappa shape index (κ1) is 11.8. The Balaban J connectivity index is 1.94. The Bertz CT molecular complexity index is 474. The van der Waals surface area contributed by atoms with Crippen molar-refractivity contribution in [3.8, 4) is 0 Å². The molecule has 0 unspecified atom stereocenters. The molecule has 0 amide bonds. The summed E-state index contributed by atoms with van der Waals surface area (Å²) in [5.74, 6) is 0.813. The van der Waals surface area contributed by atoms with E-state index < -0.39 is 0 Å². The summed E-state index contributed by atoms with van der Waals surface area (Å²) in [4.78, 5) is 2.13. The topological polar surface area (TPSA) is 60.0 Å². The summed E-state index contributed by atoms with van der Waals surface area (Å²) in [5.41, 5.74) is 1.87. The molecule has 0 spiro atoms. The molecule has 92 valence electrons. The fourth-order valence-electron chi connectivity index (χ4n) is 1.53. The highest BCUT2D eigenvalue weighted by Crippen LogP contribution is 2.04. The highest BCUT2D eigenvalue weighted by molar-refractivity contribution is 5.04. The lowest BCUT2D eigenvalue weighted by atomic mass is 10.3. The van der Waals surface area contributed by atoms with E-state index in [9.17, 15) is 0 Å². The molecular formula is C11H17N5O. The van der Waals surface area contributed by atoms with Crippen molar-refractivity contribution in [2.24, 2.45) is 0 Å². The Hall–Kier alpha value is -1.69. The second-order valence-corrected chi connectivity index (χ2v) is 4.39. The molecule has 0 bridgehead atoms. The van der Waals surface area contributed by atoms with Crippen molar-refractivity contribution in [1.82, 2.24) is 25.1 Å². The van der Waals surface area contributed by atoms with E-state index in [1.807, 2.05) is 33.3 Å². The Morgan fingerprint density at radius 3 is 2.82 bits per heavy atom. The normalized spacial score (nSPS) is 11.3. The molecule has 0 aromatic carbocycles. The lowest BCUT2D eigenvalue weighted by Gasteiger charge is -2.06. The molecule has 17 heavy (non-hydrogen) atoms. The molecule has 6 nitrogen and oxygen atoms in total. The van der Waals surface area contributed by atoms with Crippen molar-refractivity contribution in [2.45, 2.75) is 19.9 Å². The van der Waals surface area contributed by atoms with Crippen LogP contribution in [0.2, 0.25) is 0 Å². The van der Waals surface area contributed by atoms with Gasteiger partial charge in [0.25, 0.3) is 0 Å². The highest BCUT2D eigenvalue weighted by Gasteiger charge is 2.05.